The zero-order chi connectivity index (χ0) is 12.8. The van der Waals surface area contributed by atoms with Crippen LogP contribution in [0.5, 0.6) is 0 Å². The van der Waals surface area contributed by atoms with Crippen LogP contribution in [-0.2, 0) is 32.9 Å². The van der Waals surface area contributed by atoms with Gasteiger partial charge in [-0.05, 0) is 4.57 Å². The van der Waals surface area contributed by atoms with Crippen molar-refractivity contribution in [1.29, 1.82) is 0 Å². The van der Waals surface area contributed by atoms with Crippen LogP contribution in [0.15, 0.2) is 12.7 Å². The molecule has 0 amide bonds. The van der Waals surface area contributed by atoms with Gasteiger partial charge in [-0.3, -0.25) is 0 Å². The zero-order valence-electron chi connectivity index (χ0n) is 8.78. The molecule has 0 aromatic carbocycles. The van der Waals surface area contributed by atoms with E-state index in [1.807, 2.05) is 0 Å². The average Bonchev–Trinajstić information content (AvgIpc) is 2.20. The largest absolute Gasteiger partial charge is 0.554 e. The summed E-state index contributed by atoms with van der Waals surface area (Å²) in [5.74, 6) is -2.88. The first-order valence-corrected chi connectivity index (χ1v) is 7.04. The van der Waals surface area contributed by atoms with E-state index < -0.39 is 30.0 Å². The van der Waals surface area contributed by atoms with Gasteiger partial charge in [-0.2, -0.15) is 8.42 Å². The highest BCUT2D eigenvalue weighted by atomic mass is 32.2. The zero-order valence-corrected chi connectivity index (χ0v) is 10.5. The summed E-state index contributed by atoms with van der Waals surface area (Å²) in [6.45, 7) is 3.20. The number of esters is 1. The van der Waals surface area contributed by atoms with Crippen molar-refractivity contribution in [2.75, 3.05) is 20.0 Å². The molecule has 9 heteroatoms. The molecule has 16 heavy (non-hydrogen) atoms. The molecule has 0 aliphatic carbocycles. The number of hydrogen-bond acceptors (Lipinski definition) is 7. The predicted octanol–water partition coefficient (Wildman–Crippen LogP) is 0.407. The lowest BCUT2D eigenvalue weighted by Gasteiger charge is -2.03. The number of hydrogen-bond donors (Lipinski definition) is 0. The third-order valence-electron chi connectivity index (χ3n) is 1.18. The average molecular weight is 271 g/mol. The number of carbonyl (C=O) groups excluding carboxylic acids is 1. The minimum atomic E-state index is -3.94. The van der Waals surface area contributed by atoms with Crippen LogP contribution < -0.4 is 0 Å². The minimum Gasteiger partial charge on any atom is -0.464 e. The van der Waals surface area contributed by atoms with Gasteiger partial charge in [0.1, 0.15) is 6.61 Å². The van der Waals surface area contributed by atoms with Crippen LogP contribution in [0.1, 0.15) is 0 Å². The first-order chi connectivity index (χ1) is 7.31. The Bertz CT molecular complexity index is 374. The number of methoxy groups -OCH3 is 1. The van der Waals surface area contributed by atoms with Crippen molar-refractivity contribution in [2.24, 2.45) is 0 Å². The van der Waals surface area contributed by atoms with E-state index in [0.29, 0.717) is 0 Å². The van der Waals surface area contributed by atoms with Crippen molar-refractivity contribution < 1.29 is 31.2 Å². The molecule has 2 unspecified atom stereocenters. The summed E-state index contributed by atoms with van der Waals surface area (Å²) in [5.41, 5.74) is 0. The SMILES string of the molecule is C=CCO[P+](=O)C(OS(C)(=O)=O)C(=O)OC. The van der Waals surface area contributed by atoms with Crippen LogP contribution in [0.2, 0.25) is 0 Å². The van der Waals surface area contributed by atoms with Crippen molar-refractivity contribution >= 4 is 24.1 Å². The molecule has 0 N–H and O–H groups in total. The number of rotatable bonds is 7. The quantitative estimate of drug-likeness (QED) is 0.286. The third kappa shape index (κ3) is 5.92. The van der Waals surface area contributed by atoms with Gasteiger partial charge in [0, 0.05) is 0 Å². The van der Waals surface area contributed by atoms with E-state index in [1.165, 1.54) is 6.08 Å². The smallest absolute Gasteiger partial charge is 0.464 e. The molecule has 0 saturated heterocycles. The highest BCUT2D eigenvalue weighted by Gasteiger charge is 2.45. The maximum Gasteiger partial charge on any atom is 0.554 e. The Labute approximate surface area is 94.4 Å². The van der Waals surface area contributed by atoms with Crippen LogP contribution >= 0.6 is 8.03 Å². The molecule has 0 aromatic heterocycles. The topological polar surface area (TPSA) is 96.0 Å². The molecular formula is C7H12O7PS+. The maximum absolute atomic E-state index is 11.4. The Morgan fingerprint density at radius 1 is 1.56 bits per heavy atom. The molecule has 92 valence electrons. The molecule has 0 aliphatic heterocycles. The Hall–Kier alpha value is -0.820. The van der Waals surface area contributed by atoms with Gasteiger partial charge >= 0.3 is 19.8 Å². The van der Waals surface area contributed by atoms with Gasteiger partial charge in [-0.15, -0.1) is 11.1 Å². The van der Waals surface area contributed by atoms with E-state index in [1.54, 1.807) is 0 Å². The molecule has 2 atom stereocenters. The van der Waals surface area contributed by atoms with Crippen molar-refractivity contribution in [3.63, 3.8) is 0 Å². The highest BCUT2D eigenvalue weighted by Crippen LogP contribution is 2.32. The molecular weight excluding hydrogens is 259 g/mol. The predicted molar refractivity (Wildman–Crippen MR) is 55.5 cm³/mol. The maximum atomic E-state index is 11.4. The van der Waals surface area contributed by atoms with Crippen LogP contribution in [0.3, 0.4) is 0 Å². The normalized spacial score (nSPS) is 14.0. The summed E-state index contributed by atoms with van der Waals surface area (Å²) in [5, 5.41) is 0. The lowest BCUT2D eigenvalue weighted by molar-refractivity contribution is -0.145. The summed E-state index contributed by atoms with van der Waals surface area (Å²) < 4.78 is 46.1. The highest BCUT2D eigenvalue weighted by molar-refractivity contribution is 7.86. The Balaban J connectivity index is 4.73. The van der Waals surface area contributed by atoms with E-state index in [4.69, 9.17) is 0 Å². The van der Waals surface area contributed by atoms with E-state index in [2.05, 4.69) is 20.0 Å². The fourth-order valence-electron chi connectivity index (χ4n) is 0.621. The van der Waals surface area contributed by atoms with E-state index in [-0.39, 0.29) is 6.61 Å². The minimum absolute atomic E-state index is 0.101. The molecule has 0 radical (unpaired) electrons. The van der Waals surface area contributed by atoms with Gasteiger partial charge in [0.05, 0.1) is 13.4 Å². The van der Waals surface area contributed by atoms with E-state index in [9.17, 15) is 17.8 Å². The molecule has 0 spiro atoms. The summed E-state index contributed by atoms with van der Waals surface area (Å²) in [6, 6.07) is 0. The Morgan fingerprint density at radius 3 is 2.50 bits per heavy atom. The molecule has 7 nitrogen and oxygen atoms in total. The standard InChI is InChI=1S/C7H12O7PS/c1-4-5-13-15(9)7(6(8)12-2)14-16(3,10)11/h4,7H,1,5H2,2-3H3/q+1. The van der Waals surface area contributed by atoms with Crippen LogP contribution in [-0.4, -0.2) is 40.2 Å². The van der Waals surface area contributed by atoms with E-state index in [0.717, 1.165) is 13.4 Å². The first-order valence-electron chi connectivity index (χ1n) is 3.98. The van der Waals surface area contributed by atoms with Crippen LogP contribution in [0.4, 0.5) is 0 Å². The molecule has 0 heterocycles. The summed E-state index contributed by atoms with van der Waals surface area (Å²) >= 11 is 0. The van der Waals surface area contributed by atoms with Gasteiger partial charge < -0.3 is 4.74 Å². The van der Waals surface area contributed by atoms with Crippen molar-refractivity contribution in [2.45, 2.75) is 5.85 Å². The molecule has 0 aliphatic rings. The van der Waals surface area contributed by atoms with Crippen molar-refractivity contribution in [3.05, 3.63) is 12.7 Å². The second kappa shape index (κ2) is 6.70. The molecule has 0 aromatic rings. The van der Waals surface area contributed by atoms with Crippen LogP contribution in [0.25, 0.3) is 0 Å². The second-order valence-corrected chi connectivity index (χ2v) is 5.44. The summed E-state index contributed by atoms with van der Waals surface area (Å²) in [4.78, 5) is 11.1. The van der Waals surface area contributed by atoms with E-state index >= 15 is 0 Å². The van der Waals surface area contributed by atoms with Gasteiger partial charge in [0.25, 0.3) is 10.1 Å². The molecule has 0 bridgehead atoms. The lowest BCUT2D eigenvalue weighted by atomic mass is 10.7. The van der Waals surface area contributed by atoms with Crippen molar-refractivity contribution in [3.8, 4) is 0 Å². The lowest BCUT2D eigenvalue weighted by Crippen LogP contribution is -2.25. The Morgan fingerprint density at radius 2 is 2.12 bits per heavy atom. The number of carbonyl (C=O) groups is 1. The van der Waals surface area contributed by atoms with Gasteiger partial charge in [0.15, 0.2) is 0 Å². The number of ether oxygens (including phenoxy) is 1. The summed E-state index contributed by atoms with van der Waals surface area (Å²) in [7, 11) is -5.58. The van der Waals surface area contributed by atoms with Gasteiger partial charge in [0.2, 0.25) is 0 Å². The van der Waals surface area contributed by atoms with Crippen LogP contribution in [0, 0.1) is 0 Å². The summed E-state index contributed by atoms with van der Waals surface area (Å²) in [6.07, 6.45) is 2.02. The third-order valence-corrected chi connectivity index (χ3v) is 2.97. The fourth-order valence-corrected chi connectivity index (χ4v) is 2.45. The Kier molecular flexibility index (Phi) is 6.35. The van der Waals surface area contributed by atoms with Gasteiger partial charge in [-0.1, -0.05) is 6.08 Å². The second-order valence-electron chi connectivity index (χ2n) is 2.55. The molecule has 0 fully saturated rings. The fraction of sp³-hybridized carbons (Fsp3) is 0.571. The van der Waals surface area contributed by atoms with Crippen molar-refractivity contribution in [1.82, 2.24) is 0 Å². The first kappa shape index (κ1) is 15.2. The monoisotopic (exact) mass is 271 g/mol. The molecule has 0 rings (SSSR count). The molecule has 0 saturated carbocycles. The van der Waals surface area contributed by atoms with Gasteiger partial charge in [-0.25, -0.2) is 8.98 Å².